The molecular formula is C23H24FN5O2. The van der Waals surface area contributed by atoms with Crippen molar-refractivity contribution in [2.24, 2.45) is 7.05 Å². The zero-order valence-electron chi connectivity index (χ0n) is 17.4. The standard InChI is InChI=1S/C23H24FN5O2/c1-26-18-8-7-16(24)15-17(18)21(29-10-4-6-20(29)30)22(26)23(31)28-13-11-27(12-14-28)19-5-2-3-9-25-19/h2-3,5,7-9,15H,4,6,10-14H2,1H3. The highest BCUT2D eigenvalue weighted by Gasteiger charge is 2.34. The Morgan fingerprint density at radius 3 is 2.55 bits per heavy atom. The lowest BCUT2D eigenvalue weighted by atomic mass is 10.1. The molecule has 2 amide bonds. The summed E-state index contributed by atoms with van der Waals surface area (Å²) in [6.45, 7) is 3.01. The van der Waals surface area contributed by atoms with Crippen LogP contribution in [0.5, 0.6) is 0 Å². The van der Waals surface area contributed by atoms with Crippen LogP contribution in [0.1, 0.15) is 23.3 Å². The Balaban J connectivity index is 1.49. The second-order valence-electron chi connectivity index (χ2n) is 8.03. The summed E-state index contributed by atoms with van der Waals surface area (Å²) < 4.78 is 15.9. The Kier molecular flexibility index (Phi) is 4.84. The highest BCUT2D eigenvalue weighted by Crippen LogP contribution is 2.37. The Bertz CT molecular complexity index is 1150. The number of halogens is 1. The van der Waals surface area contributed by atoms with E-state index in [1.165, 1.54) is 12.1 Å². The maximum atomic E-state index is 14.1. The van der Waals surface area contributed by atoms with Gasteiger partial charge in [0.2, 0.25) is 5.91 Å². The van der Waals surface area contributed by atoms with Gasteiger partial charge in [-0.3, -0.25) is 9.59 Å². The van der Waals surface area contributed by atoms with Crippen molar-refractivity contribution in [1.29, 1.82) is 0 Å². The Morgan fingerprint density at radius 1 is 1.06 bits per heavy atom. The summed E-state index contributed by atoms with van der Waals surface area (Å²) >= 11 is 0. The fraction of sp³-hybridized carbons (Fsp3) is 0.348. The maximum absolute atomic E-state index is 14.1. The molecule has 5 rings (SSSR count). The van der Waals surface area contributed by atoms with E-state index in [2.05, 4.69) is 9.88 Å². The number of aryl methyl sites for hydroxylation is 1. The second-order valence-corrected chi connectivity index (χ2v) is 8.03. The molecule has 0 N–H and O–H groups in total. The van der Waals surface area contributed by atoms with Crippen molar-refractivity contribution in [2.75, 3.05) is 42.5 Å². The molecule has 2 aromatic heterocycles. The Hall–Kier alpha value is -3.42. The fourth-order valence-corrected chi connectivity index (χ4v) is 4.63. The average molecular weight is 421 g/mol. The van der Waals surface area contributed by atoms with Crippen LogP contribution in [0, 0.1) is 5.82 Å². The normalized spacial score (nSPS) is 17.1. The van der Waals surface area contributed by atoms with E-state index in [1.807, 2.05) is 30.1 Å². The number of anilines is 2. The Labute approximate surface area is 179 Å². The molecule has 0 atom stereocenters. The summed E-state index contributed by atoms with van der Waals surface area (Å²) in [6.07, 6.45) is 2.95. The molecule has 0 aliphatic carbocycles. The lowest BCUT2D eigenvalue weighted by molar-refractivity contribution is -0.117. The van der Waals surface area contributed by atoms with Crippen LogP contribution in [0.25, 0.3) is 10.9 Å². The molecule has 0 bridgehead atoms. The SMILES string of the molecule is Cn1c(C(=O)N2CCN(c3ccccn3)CC2)c(N2CCCC2=O)c2cc(F)ccc21. The van der Waals surface area contributed by atoms with Crippen molar-refractivity contribution in [2.45, 2.75) is 12.8 Å². The molecule has 2 aliphatic rings. The van der Waals surface area contributed by atoms with Gasteiger partial charge in [-0.25, -0.2) is 9.37 Å². The van der Waals surface area contributed by atoms with Crippen LogP contribution in [-0.2, 0) is 11.8 Å². The number of carbonyl (C=O) groups is 2. The third-order valence-electron chi connectivity index (χ3n) is 6.22. The van der Waals surface area contributed by atoms with Crippen molar-refractivity contribution < 1.29 is 14.0 Å². The number of piperazine rings is 1. The number of fused-ring (bicyclic) bond motifs is 1. The predicted molar refractivity (Wildman–Crippen MR) is 117 cm³/mol. The van der Waals surface area contributed by atoms with E-state index in [0.29, 0.717) is 55.9 Å². The first-order valence-electron chi connectivity index (χ1n) is 10.6. The highest BCUT2D eigenvalue weighted by atomic mass is 19.1. The molecule has 7 nitrogen and oxygen atoms in total. The van der Waals surface area contributed by atoms with Crippen LogP contribution in [-0.4, -0.2) is 59.0 Å². The van der Waals surface area contributed by atoms with E-state index >= 15 is 0 Å². The van der Waals surface area contributed by atoms with E-state index in [1.54, 1.807) is 21.7 Å². The van der Waals surface area contributed by atoms with E-state index in [-0.39, 0.29) is 17.6 Å². The van der Waals surface area contributed by atoms with Gasteiger partial charge < -0.3 is 19.3 Å². The lowest BCUT2D eigenvalue weighted by Gasteiger charge is -2.35. The molecule has 2 aliphatic heterocycles. The molecule has 0 saturated carbocycles. The fourth-order valence-electron chi connectivity index (χ4n) is 4.63. The number of hydrogen-bond acceptors (Lipinski definition) is 4. The van der Waals surface area contributed by atoms with E-state index in [0.717, 1.165) is 17.8 Å². The first kappa shape index (κ1) is 19.5. The minimum absolute atomic E-state index is 0.0224. The Morgan fingerprint density at radius 2 is 1.87 bits per heavy atom. The van der Waals surface area contributed by atoms with Gasteiger partial charge in [-0.2, -0.15) is 0 Å². The largest absolute Gasteiger partial charge is 0.353 e. The molecule has 4 heterocycles. The summed E-state index contributed by atoms with van der Waals surface area (Å²) in [7, 11) is 1.81. The van der Waals surface area contributed by atoms with Crippen molar-refractivity contribution in [1.82, 2.24) is 14.5 Å². The number of amides is 2. The van der Waals surface area contributed by atoms with Gasteiger partial charge in [0.05, 0.1) is 11.2 Å². The van der Waals surface area contributed by atoms with Crippen molar-refractivity contribution >= 4 is 34.2 Å². The van der Waals surface area contributed by atoms with Crippen LogP contribution < -0.4 is 9.80 Å². The average Bonchev–Trinajstić information content (AvgIpc) is 3.34. The van der Waals surface area contributed by atoms with Gasteiger partial charge in [0.15, 0.2) is 0 Å². The quantitative estimate of drug-likeness (QED) is 0.653. The number of hydrogen-bond donors (Lipinski definition) is 0. The van der Waals surface area contributed by atoms with Crippen LogP contribution in [0.15, 0.2) is 42.6 Å². The van der Waals surface area contributed by atoms with Gasteiger partial charge in [-0.15, -0.1) is 0 Å². The summed E-state index contributed by atoms with van der Waals surface area (Å²) in [6, 6.07) is 10.3. The van der Waals surface area contributed by atoms with Crippen LogP contribution >= 0.6 is 0 Å². The molecule has 3 aromatic rings. The molecule has 2 fully saturated rings. The molecule has 160 valence electrons. The molecule has 2 saturated heterocycles. The maximum Gasteiger partial charge on any atom is 0.272 e. The molecular weight excluding hydrogens is 397 g/mol. The van der Waals surface area contributed by atoms with Crippen LogP contribution in [0.2, 0.25) is 0 Å². The van der Waals surface area contributed by atoms with Crippen LogP contribution in [0.3, 0.4) is 0 Å². The molecule has 1 aromatic carbocycles. The number of aromatic nitrogens is 2. The van der Waals surface area contributed by atoms with Crippen molar-refractivity contribution in [3.8, 4) is 0 Å². The van der Waals surface area contributed by atoms with Gasteiger partial charge in [-0.1, -0.05) is 6.07 Å². The predicted octanol–water partition coefficient (Wildman–Crippen LogP) is 2.80. The number of nitrogens with zero attached hydrogens (tertiary/aromatic N) is 5. The van der Waals surface area contributed by atoms with Crippen LogP contribution in [0.4, 0.5) is 15.9 Å². The van der Waals surface area contributed by atoms with Crippen molar-refractivity contribution in [3.63, 3.8) is 0 Å². The monoisotopic (exact) mass is 421 g/mol. The first-order valence-corrected chi connectivity index (χ1v) is 10.6. The van der Waals surface area contributed by atoms with Gasteiger partial charge in [0, 0.05) is 57.8 Å². The van der Waals surface area contributed by atoms with Gasteiger partial charge in [0.1, 0.15) is 17.3 Å². The summed E-state index contributed by atoms with van der Waals surface area (Å²) in [5.41, 5.74) is 1.73. The number of rotatable bonds is 3. The zero-order chi connectivity index (χ0) is 21.5. The molecule has 0 unspecified atom stereocenters. The van der Waals surface area contributed by atoms with Crippen molar-refractivity contribution in [3.05, 3.63) is 54.1 Å². The number of carbonyl (C=O) groups excluding carboxylic acids is 2. The third kappa shape index (κ3) is 3.32. The first-order chi connectivity index (χ1) is 15.0. The lowest BCUT2D eigenvalue weighted by Crippen LogP contribution is -2.49. The smallest absolute Gasteiger partial charge is 0.272 e. The molecule has 8 heteroatoms. The third-order valence-corrected chi connectivity index (χ3v) is 6.22. The highest BCUT2D eigenvalue weighted by molar-refractivity contribution is 6.14. The van der Waals surface area contributed by atoms with Gasteiger partial charge >= 0.3 is 0 Å². The minimum atomic E-state index is -0.381. The minimum Gasteiger partial charge on any atom is -0.353 e. The second kappa shape index (κ2) is 7.68. The number of pyridine rings is 1. The van der Waals surface area contributed by atoms with Gasteiger partial charge in [-0.05, 0) is 36.8 Å². The summed E-state index contributed by atoms with van der Waals surface area (Å²) in [5, 5.41) is 0.605. The zero-order valence-corrected chi connectivity index (χ0v) is 17.4. The molecule has 31 heavy (non-hydrogen) atoms. The molecule has 0 radical (unpaired) electrons. The molecule has 0 spiro atoms. The number of benzene rings is 1. The van der Waals surface area contributed by atoms with E-state index in [9.17, 15) is 14.0 Å². The van der Waals surface area contributed by atoms with Gasteiger partial charge in [0.25, 0.3) is 5.91 Å². The van der Waals surface area contributed by atoms with E-state index < -0.39 is 0 Å². The topological polar surface area (TPSA) is 61.7 Å². The van der Waals surface area contributed by atoms with E-state index in [4.69, 9.17) is 0 Å². The summed E-state index contributed by atoms with van der Waals surface area (Å²) in [5.74, 6) is 0.368. The summed E-state index contributed by atoms with van der Waals surface area (Å²) in [4.78, 5) is 36.2.